The summed E-state index contributed by atoms with van der Waals surface area (Å²) in [5, 5.41) is 9.94. The van der Waals surface area contributed by atoms with E-state index in [0.717, 1.165) is 5.69 Å². The molecule has 128 valence electrons. The quantitative estimate of drug-likeness (QED) is 0.710. The lowest BCUT2D eigenvalue weighted by molar-refractivity contribution is -0.125. The summed E-state index contributed by atoms with van der Waals surface area (Å²) in [5.41, 5.74) is 1.15. The fraction of sp³-hybridized carbons (Fsp3) is 0.105. The van der Waals surface area contributed by atoms with Crippen LogP contribution in [0.1, 0.15) is 17.5 Å². The molecule has 26 heavy (non-hydrogen) atoms. The largest absolute Gasteiger partial charge is 0.325 e. The van der Waals surface area contributed by atoms with Crippen LogP contribution in [0.15, 0.2) is 54.7 Å². The molecule has 1 atom stereocenters. The number of benzene rings is 2. The second-order valence-corrected chi connectivity index (χ2v) is 6.43. The van der Waals surface area contributed by atoms with Gasteiger partial charge < -0.3 is 10.6 Å². The molecular formula is C19H13FN4O2. The van der Waals surface area contributed by atoms with Gasteiger partial charge in [0.15, 0.2) is 0 Å². The predicted molar refractivity (Wildman–Crippen MR) is 92.6 cm³/mol. The van der Waals surface area contributed by atoms with Crippen molar-refractivity contribution in [2.45, 2.75) is 11.8 Å². The highest BCUT2D eigenvalue weighted by molar-refractivity contribution is 6.14. The Morgan fingerprint density at radius 2 is 1.85 bits per heavy atom. The number of aromatic nitrogens is 2. The van der Waals surface area contributed by atoms with Crippen molar-refractivity contribution < 1.29 is 14.0 Å². The fourth-order valence-electron chi connectivity index (χ4n) is 3.84. The first-order valence-electron chi connectivity index (χ1n) is 8.15. The van der Waals surface area contributed by atoms with Gasteiger partial charge in [-0.3, -0.25) is 9.59 Å². The first-order valence-corrected chi connectivity index (χ1v) is 8.15. The molecule has 0 radical (unpaired) electrons. The molecule has 2 aromatic carbocycles. The predicted octanol–water partition coefficient (Wildman–Crippen LogP) is 2.59. The Kier molecular flexibility index (Phi) is 2.86. The number of nitrogens with zero attached hydrogens (tertiary/aromatic N) is 2. The van der Waals surface area contributed by atoms with Crippen molar-refractivity contribution in [3.05, 3.63) is 71.7 Å². The summed E-state index contributed by atoms with van der Waals surface area (Å²) in [6.07, 6.45) is 1.55. The van der Waals surface area contributed by atoms with Crippen molar-refractivity contribution in [2.75, 3.05) is 10.6 Å². The highest BCUT2D eigenvalue weighted by atomic mass is 19.1. The summed E-state index contributed by atoms with van der Waals surface area (Å²) >= 11 is 0. The lowest BCUT2D eigenvalue weighted by Crippen LogP contribution is -2.43. The van der Waals surface area contributed by atoms with Crippen LogP contribution < -0.4 is 10.6 Å². The third kappa shape index (κ3) is 1.82. The molecule has 6 nitrogen and oxygen atoms in total. The maximum Gasteiger partial charge on any atom is 0.240 e. The summed E-state index contributed by atoms with van der Waals surface area (Å²) in [5.74, 6) is -0.620. The molecule has 0 aliphatic carbocycles. The summed E-state index contributed by atoms with van der Waals surface area (Å²) in [6.45, 7) is 0. The summed E-state index contributed by atoms with van der Waals surface area (Å²) in [6, 6.07) is 13.5. The third-order valence-corrected chi connectivity index (χ3v) is 4.99. The van der Waals surface area contributed by atoms with Crippen LogP contribution in [0.5, 0.6) is 0 Å². The fourth-order valence-corrected chi connectivity index (χ4v) is 3.84. The van der Waals surface area contributed by atoms with Gasteiger partial charge in [-0.2, -0.15) is 5.10 Å². The smallest absolute Gasteiger partial charge is 0.240 e. The molecule has 0 fully saturated rings. The Morgan fingerprint density at radius 3 is 2.65 bits per heavy atom. The average molecular weight is 348 g/mol. The zero-order valence-corrected chi connectivity index (χ0v) is 13.5. The Hall–Kier alpha value is -3.48. The van der Waals surface area contributed by atoms with Crippen molar-refractivity contribution in [3.63, 3.8) is 0 Å². The lowest BCUT2D eigenvalue weighted by atomic mass is 9.72. The maximum atomic E-state index is 13.6. The normalized spacial score (nSPS) is 20.5. The molecular weight excluding hydrogens is 335 g/mol. The van der Waals surface area contributed by atoms with E-state index in [-0.39, 0.29) is 18.2 Å². The Labute approximate surface area is 147 Å². The molecule has 1 spiro atoms. The van der Waals surface area contributed by atoms with Crippen LogP contribution in [0.4, 0.5) is 15.9 Å². The Bertz CT molecular complexity index is 1080. The molecule has 7 heteroatoms. The van der Waals surface area contributed by atoms with E-state index < -0.39 is 11.2 Å². The van der Waals surface area contributed by atoms with E-state index in [1.165, 1.54) is 12.1 Å². The molecule has 2 amide bonds. The third-order valence-electron chi connectivity index (χ3n) is 4.99. The standard InChI is InChI=1S/C19H13FN4O2/c20-11-6-7-13-15(8-11)22-18(26)19(13)9-16(25)23-17-14(19)10-21-24(17)12-4-2-1-3-5-12/h1-8,10H,9H2,(H,22,26)(H,23,25)/t19-/m0/s1. The molecule has 0 saturated carbocycles. The molecule has 2 aliphatic rings. The molecule has 0 bridgehead atoms. The number of hydrogen-bond donors (Lipinski definition) is 2. The average Bonchev–Trinajstić information content (AvgIpc) is 3.16. The van der Waals surface area contributed by atoms with E-state index in [4.69, 9.17) is 0 Å². The van der Waals surface area contributed by atoms with Crippen LogP contribution in [0.25, 0.3) is 5.69 Å². The van der Waals surface area contributed by atoms with Gasteiger partial charge >= 0.3 is 0 Å². The monoisotopic (exact) mass is 348 g/mol. The first kappa shape index (κ1) is 14.8. The zero-order chi connectivity index (χ0) is 17.9. The molecule has 0 unspecified atom stereocenters. The first-order chi connectivity index (χ1) is 12.6. The minimum atomic E-state index is -1.20. The van der Waals surface area contributed by atoms with E-state index in [0.29, 0.717) is 22.6 Å². The molecule has 5 rings (SSSR count). The van der Waals surface area contributed by atoms with Gasteiger partial charge in [-0.15, -0.1) is 0 Å². The van der Waals surface area contributed by atoms with Crippen molar-refractivity contribution in [1.29, 1.82) is 0 Å². The van der Waals surface area contributed by atoms with Gasteiger partial charge in [0.25, 0.3) is 0 Å². The molecule has 2 N–H and O–H groups in total. The van der Waals surface area contributed by atoms with Crippen molar-refractivity contribution in [1.82, 2.24) is 9.78 Å². The number of rotatable bonds is 1. The minimum Gasteiger partial charge on any atom is -0.325 e. The summed E-state index contributed by atoms with van der Waals surface area (Å²) < 4.78 is 15.2. The maximum absolute atomic E-state index is 13.6. The van der Waals surface area contributed by atoms with E-state index in [9.17, 15) is 14.0 Å². The van der Waals surface area contributed by atoms with E-state index >= 15 is 0 Å². The number of fused-ring (bicyclic) bond motifs is 4. The van der Waals surface area contributed by atoms with Crippen LogP contribution in [0, 0.1) is 5.82 Å². The van der Waals surface area contributed by atoms with E-state index in [1.54, 1.807) is 16.9 Å². The van der Waals surface area contributed by atoms with Crippen LogP contribution >= 0.6 is 0 Å². The topological polar surface area (TPSA) is 76.0 Å². The molecule has 3 heterocycles. The van der Waals surface area contributed by atoms with Gasteiger partial charge in [-0.25, -0.2) is 9.07 Å². The van der Waals surface area contributed by atoms with Crippen molar-refractivity contribution in [3.8, 4) is 5.69 Å². The van der Waals surface area contributed by atoms with Crippen LogP contribution in [-0.4, -0.2) is 21.6 Å². The van der Waals surface area contributed by atoms with E-state index in [2.05, 4.69) is 15.7 Å². The molecule has 3 aromatic rings. The molecule has 1 aromatic heterocycles. The number of anilines is 2. The second-order valence-electron chi connectivity index (χ2n) is 6.43. The highest BCUT2D eigenvalue weighted by Gasteiger charge is 2.54. The Morgan fingerprint density at radius 1 is 1.04 bits per heavy atom. The van der Waals surface area contributed by atoms with Gasteiger partial charge in [0, 0.05) is 17.7 Å². The number of para-hydroxylation sites is 1. The molecule has 2 aliphatic heterocycles. The van der Waals surface area contributed by atoms with Crippen LogP contribution in [0.3, 0.4) is 0 Å². The highest BCUT2D eigenvalue weighted by Crippen LogP contribution is 2.50. The molecule has 0 saturated heterocycles. The lowest BCUT2D eigenvalue weighted by Gasteiger charge is -2.31. The summed E-state index contributed by atoms with van der Waals surface area (Å²) in [7, 11) is 0. The number of carbonyl (C=O) groups is 2. The number of halogens is 1. The van der Waals surface area contributed by atoms with Gasteiger partial charge in [0.05, 0.1) is 11.9 Å². The van der Waals surface area contributed by atoms with Gasteiger partial charge in [0.2, 0.25) is 11.8 Å². The van der Waals surface area contributed by atoms with E-state index in [1.807, 2.05) is 30.3 Å². The SMILES string of the molecule is O=C1C[C@@]2(C(=O)Nc3cc(F)ccc32)c2cnn(-c3ccccc3)c2N1. The van der Waals surface area contributed by atoms with Gasteiger partial charge in [0.1, 0.15) is 17.1 Å². The van der Waals surface area contributed by atoms with Gasteiger partial charge in [-0.1, -0.05) is 24.3 Å². The van der Waals surface area contributed by atoms with Gasteiger partial charge in [-0.05, 0) is 29.8 Å². The summed E-state index contributed by atoms with van der Waals surface area (Å²) in [4.78, 5) is 25.4. The number of amides is 2. The van der Waals surface area contributed by atoms with Crippen molar-refractivity contribution >= 4 is 23.3 Å². The van der Waals surface area contributed by atoms with Crippen LogP contribution in [0.2, 0.25) is 0 Å². The van der Waals surface area contributed by atoms with Crippen LogP contribution in [-0.2, 0) is 15.0 Å². The number of carbonyl (C=O) groups excluding carboxylic acids is 2. The Balaban J connectivity index is 1.77. The number of nitrogens with one attached hydrogen (secondary N) is 2. The zero-order valence-electron chi connectivity index (χ0n) is 13.5. The number of hydrogen-bond acceptors (Lipinski definition) is 3. The second kappa shape index (κ2) is 5.01. The van der Waals surface area contributed by atoms with Crippen molar-refractivity contribution in [2.24, 2.45) is 0 Å². The minimum absolute atomic E-state index is 0.0506.